The molecule has 1 heterocycles. The van der Waals surface area contributed by atoms with Gasteiger partial charge < -0.3 is 15.5 Å². The van der Waals surface area contributed by atoms with Gasteiger partial charge in [-0.2, -0.15) is 0 Å². The summed E-state index contributed by atoms with van der Waals surface area (Å²) in [7, 11) is 0. The topological polar surface area (TPSA) is 44.9 Å². The fourth-order valence-corrected chi connectivity index (χ4v) is 2.80. The minimum atomic E-state index is 0. The molecule has 4 nitrogen and oxygen atoms in total. The van der Waals surface area contributed by atoms with Crippen molar-refractivity contribution in [2.75, 3.05) is 37.6 Å². The van der Waals surface area contributed by atoms with Crippen molar-refractivity contribution in [2.24, 2.45) is 10.7 Å². The number of rotatable bonds is 5. The largest absolute Gasteiger partial charge is 0.370 e. The highest BCUT2D eigenvalue weighted by Crippen LogP contribution is 2.15. The van der Waals surface area contributed by atoms with Crippen molar-refractivity contribution >= 4 is 35.6 Å². The number of guanidine groups is 1. The van der Waals surface area contributed by atoms with Crippen LogP contribution in [0.25, 0.3) is 0 Å². The fourth-order valence-electron chi connectivity index (χ4n) is 2.80. The Bertz CT molecular complexity index is 469. The Labute approximate surface area is 151 Å². The van der Waals surface area contributed by atoms with Gasteiger partial charge in [0.2, 0.25) is 0 Å². The monoisotopic (exact) mass is 416 g/mol. The third kappa shape index (κ3) is 5.66. The summed E-state index contributed by atoms with van der Waals surface area (Å²) in [6, 6.07) is 8.62. The van der Waals surface area contributed by atoms with E-state index in [4.69, 9.17) is 5.73 Å². The summed E-state index contributed by atoms with van der Waals surface area (Å²) in [5, 5.41) is 0. The predicted molar refractivity (Wildman–Crippen MR) is 106 cm³/mol. The maximum Gasteiger partial charge on any atom is 0.191 e. The number of likely N-dealkylation sites (tertiary alicyclic amines) is 1. The Hall–Kier alpha value is -0.980. The van der Waals surface area contributed by atoms with Crippen LogP contribution in [0.15, 0.2) is 29.3 Å². The molecule has 0 amide bonds. The number of hydrogen-bond acceptors (Lipinski definition) is 2. The van der Waals surface area contributed by atoms with E-state index in [1.807, 2.05) is 0 Å². The molecule has 1 aliphatic rings. The van der Waals surface area contributed by atoms with Gasteiger partial charge in [-0.05, 0) is 50.8 Å². The summed E-state index contributed by atoms with van der Waals surface area (Å²) in [5.41, 5.74) is 8.66. The van der Waals surface area contributed by atoms with E-state index in [1.165, 1.54) is 30.5 Å². The highest BCUT2D eigenvalue weighted by Gasteiger charge is 2.11. The molecule has 1 aliphatic heterocycles. The molecule has 0 atom stereocenters. The number of piperidine rings is 1. The fraction of sp³-hybridized carbons (Fsp3) is 0.588. The Balaban J connectivity index is 0.00000242. The molecular weight excluding hydrogens is 387 g/mol. The SMILES string of the molecule is CCN(CCN=C(N)N1CCCCC1)c1cccc(C)c1.I. The zero-order valence-corrected chi connectivity index (χ0v) is 16.1. The molecule has 0 aromatic heterocycles. The lowest BCUT2D eigenvalue weighted by molar-refractivity contribution is 0.338. The molecule has 0 spiro atoms. The average molecular weight is 416 g/mol. The van der Waals surface area contributed by atoms with Crippen LogP contribution in [0.3, 0.4) is 0 Å². The smallest absolute Gasteiger partial charge is 0.191 e. The van der Waals surface area contributed by atoms with Gasteiger partial charge in [0, 0.05) is 31.9 Å². The number of aliphatic imine (C=N–C) groups is 1. The van der Waals surface area contributed by atoms with Crippen molar-refractivity contribution in [1.29, 1.82) is 0 Å². The van der Waals surface area contributed by atoms with Crippen LogP contribution in [0.1, 0.15) is 31.7 Å². The van der Waals surface area contributed by atoms with Gasteiger partial charge in [-0.3, -0.25) is 4.99 Å². The van der Waals surface area contributed by atoms with Crippen LogP contribution in [0, 0.1) is 6.92 Å². The van der Waals surface area contributed by atoms with Crippen molar-refractivity contribution < 1.29 is 0 Å². The van der Waals surface area contributed by atoms with E-state index in [-0.39, 0.29) is 24.0 Å². The highest BCUT2D eigenvalue weighted by molar-refractivity contribution is 14.0. The average Bonchev–Trinajstić information content (AvgIpc) is 2.52. The number of aryl methyl sites for hydroxylation is 1. The van der Waals surface area contributed by atoms with Gasteiger partial charge in [-0.25, -0.2) is 0 Å². The molecule has 0 bridgehead atoms. The summed E-state index contributed by atoms with van der Waals surface area (Å²) in [5.74, 6) is 0.718. The van der Waals surface area contributed by atoms with E-state index in [0.717, 1.165) is 38.7 Å². The lowest BCUT2D eigenvalue weighted by atomic mass is 10.1. The first kappa shape index (κ1) is 19.1. The Morgan fingerprint density at radius 2 is 2.00 bits per heavy atom. The van der Waals surface area contributed by atoms with Gasteiger partial charge in [0.25, 0.3) is 0 Å². The Morgan fingerprint density at radius 3 is 2.64 bits per heavy atom. The second kappa shape index (κ2) is 9.92. The molecule has 0 saturated carbocycles. The van der Waals surface area contributed by atoms with E-state index >= 15 is 0 Å². The van der Waals surface area contributed by atoms with E-state index in [9.17, 15) is 0 Å². The predicted octanol–water partition coefficient (Wildman–Crippen LogP) is 3.24. The minimum absolute atomic E-state index is 0. The van der Waals surface area contributed by atoms with Crippen molar-refractivity contribution in [3.63, 3.8) is 0 Å². The van der Waals surface area contributed by atoms with Crippen molar-refractivity contribution in [1.82, 2.24) is 4.90 Å². The van der Waals surface area contributed by atoms with Crippen LogP contribution in [-0.2, 0) is 0 Å². The van der Waals surface area contributed by atoms with E-state index < -0.39 is 0 Å². The highest BCUT2D eigenvalue weighted by atomic mass is 127. The van der Waals surface area contributed by atoms with Crippen LogP contribution in [0.2, 0.25) is 0 Å². The first-order chi connectivity index (χ1) is 10.2. The third-order valence-corrected chi connectivity index (χ3v) is 4.07. The van der Waals surface area contributed by atoms with Crippen LogP contribution >= 0.6 is 24.0 Å². The van der Waals surface area contributed by atoms with Gasteiger partial charge in [0.1, 0.15) is 0 Å². The first-order valence-electron chi connectivity index (χ1n) is 8.07. The zero-order valence-electron chi connectivity index (χ0n) is 13.8. The molecule has 1 aromatic carbocycles. The number of halogens is 1. The molecular formula is C17H29IN4. The van der Waals surface area contributed by atoms with Crippen molar-refractivity contribution in [2.45, 2.75) is 33.1 Å². The molecule has 1 aromatic rings. The van der Waals surface area contributed by atoms with Gasteiger partial charge in [-0.1, -0.05) is 12.1 Å². The second-order valence-electron chi connectivity index (χ2n) is 5.71. The Kier molecular flexibility index (Phi) is 8.60. The maximum absolute atomic E-state index is 6.10. The van der Waals surface area contributed by atoms with Crippen LogP contribution in [-0.4, -0.2) is 43.6 Å². The molecule has 22 heavy (non-hydrogen) atoms. The molecule has 0 radical (unpaired) electrons. The molecule has 1 fully saturated rings. The number of hydrogen-bond donors (Lipinski definition) is 1. The number of nitrogens with two attached hydrogens (primary N) is 1. The summed E-state index contributed by atoms with van der Waals surface area (Å²) >= 11 is 0. The second-order valence-corrected chi connectivity index (χ2v) is 5.71. The molecule has 2 N–H and O–H groups in total. The molecule has 0 aliphatic carbocycles. The van der Waals surface area contributed by atoms with Gasteiger partial charge in [0.05, 0.1) is 6.54 Å². The van der Waals surface area contributed by atoms with Crippen LogP contribution in [0.5, 0.6) is 0 Å². The van der Waals surface area contributed by atoms with Gasteiger partial charge in [-0.15, -0.1) is 24.0 Å². The number of anilines is 1. The Morgan fingerprint density at radius 1 is 1.27 bits per heavy atom. The summed E-state index contributed by atoms with van der Waals surface area (Å²) in [4.78, 5) is 9.12. The minimum Gasteiger partial charge on any atom is -0.370 e. The van der Waals surface area contributed by atoms with Crippen LogP contribution < -0.4 is 10.6 Å². The summed E-state index contributed by atoms with van der Waals surface area (Å²) in [6.45, 7) is 9.08. The lowest BCUT2D eigenvalue weighted by Crippen LogP contribution is -2.41. The number of nitrogens with zero attached hydrogens (tertiary/aromatic N) is 3. The van der Waals surface area contributed by atoms with Gasteiger partial charge in [0.15, 0.2) is 5.96 Å². The van der Waals surface area contributed by atoms with E-state index in [2.05, 4.69) is 52.9 Å². The quantitative estimate of drug-likeness (QED) is 0.456. The first-order valence-corrected chi connectivity index (χ1v) is 8.07. The van der Waals surface area contributed by atoms with Crippen molar-refractivity contribution in [3.05, 3.63) is 29.8 Å². The number of benzene rings is 1. The third-order valence-electron chi connectivity index (χ3n) is 4.07. The molecule has 1 saturated heterocycles. The van der Waals surface area contributed by atoms with Gasteiger partial charge >= 0.3 is 0 Å². The molecule has 124 valence electrons. The maximum atomic E-state index is 6.10. The summed E-state index contributed by atoms with van der Waals surface area (Å²) < 4.78 is 0. The number of likely N-dealkylation sites (N-methyl/N-ethyl adjacent to an activating group) is 1. The summed E-state index contributed by atoms with van der Waals surface area (Å²) in [6.07, 6.45) is 3.79. The van der Waals surface area contributed by atoms with E-state index in [1.54, 1.807) is 0 Å². The van der Waals surface area contributed by atoms with E-state index in [0.29, 0.717) is 0 Å². The normalized spacial score (nSPS) is 15.4. The van der Waals surface area contributed by atoms with Crippen molar-refractivity contribution in [3.8, 4) is 0 Å². The molecule has 0 unspecified atom stereocenters. The molecule has 5 heteroatoms. The lowest BCUT2D eigenvalue weighted by Gasteiger charge is -2.28. The zero-order chi connectivity index (χ0) is 15.1. The standard InChI is InChI=1S/C17H28N4.HI/c1-3-20(16-9-7-8-15(2)14-16)13-10-19-17(18)21-11-5-4-6-12-21;/h7-9,14H,3-6,10-13H2,1-2H3,(H2,18,19);1H. The van der Waals surface area contributed by atoms with Crippen LogP contribution in [0.4, 0.5) is 5.69 Å². The molecule has 2 rings (SSSR count).